The van der Waals surface area contributed by atoms with E-state index in [1.807, 2.05) is 127 Å². The highest BCUT2D eigenvalue weighted by molar-refractivity contribution is 6.13. The number of hydrogen-bond donors (Lipinski definition) is 0. The van der Waals surface area contributed by atoms with Crippen LogP contribution in [0.25, 0.3) is 116 Å². The summed E-state index contributed by atoms with van der Waals surface area (Å²) >= 11 is 0. The third-order valence-corrected chi connectivity index (χ3v) is 13.1. The van der Waals surface area contributed by atoms with E-state index in [0.29, 0.717) is 67.8 Å². The number of nitriles is 4. The van der Waals surface area contributed by atoms with Crippen molar-refractivity contribution in [2.24, 2.45) is 0 Å². The molecule has 0 aliphatic rings. The van der Waals surface area contributed by atoms with Crippen LogP contribution >= 0.6 is 0 Å². The van der Waals surface area contributed by atoms with Gasteiger partial charge in [0, 0.05) is 38.2 Å². The average molecular weight is 917 g/mol. The Labute approximate surface area is 412 Å². The molecule has 0 atom stereocenters. The molecular formula is C62H32N10. The van der Waals surface area contributed by atoms with Gasteiger partial charge in [-0.1, -0.05) is 121 Å². The van der Waals surface area contributed by atoms with Crippen LogP contribution in [-0.2, 0) is 0 Å². The fourth-order valence-corrected chi connectivity index (χ4v) is 9.84. The Bertz CT molecular complexity index is 4400. The summed E-state index contributed by atoms with van der Waals surface area (Å²) in [6.45, 7) is 8.83. The molecule has 0 aliphatic carbocycles. The van der Waals surface area contributed by atoms with Crippen molar-refractivity contribution in [1.82, 2.24) is 24.1 Å². The number of fused-ring (bicyclic) bond motifs is 6. The van der Waals surface area contributed by atoms with Crippen LogP contribution in [0.2, 0.25) is 0 Å². The first kappa shape index (κ1) is 42.4. The molecule has 0 spiro atoms. The second kappa shape index (κ2) is 17.3. The topological polar surface area (TPSA) is 148 Å². The summed E-state index contributed by atoms with van der Waals surface area (Å²) < 4.78 is 4.41. The summed E-state index contributed by atoms with van der Waals surface area (Å²) in [7, 11) is 0. The lowest BCUT2D eigenvalue weighted by Gasteiger charge is -2.20. The zero-order valence-corrected chi connectivity index (χ0v) is 37.9. The number of hydrogen-bond acceptors (Lipinski definition) is 7. The molecule has 0 aliphatic heterocycles. The first-order valence-electron chi connectivity index (χ1n) is 22.9. The number of para-hydroxylation sites is 2. The van der Waals surface area contributed by atoms with E-state index in [-0.39, 0.29) is 0 Å². The standard InChI is InChI=1S/C62H32N10/c1-67-53-33-59(72-55-19-11-9-17-49(55)51-31-43(23-27-57(51)72)47-25-21-39(35-64)29-45(47)37-66)58(32-52(53)62-69-60(40-12-4-2-5-13-40)68-61(70-62)41-14-6-3-7-15-41)71-54-18-10-8-16-48(54)50-30-42(22-26-56(50)71)46-24-20-38(34-63)28-44(46)36-65/h2-33H. The summed E-state index contributed by atoms with van der Waals surface area (Å²) in [6, 6.07) is 71.2. The van der Waals surface area contributed by atoms with Crippen molar-refractivity contribution in [2.75, 3.05) is 0 Å². The Morgan fingerprint density at radius 2 is 0.792 bits per heavy atom. The van der Waals surface area contributed by atoms with Crippen LogP contribution in [-0.4, -0.2) is 24.1 Å². The van der Waals surface area contributed by atoms with Crippen LogP contribution < -0.4 is 0 Å². The average Bonchev–Trinajstić information content (AvgIpc) is 3.96. The van der Waals surface area contributed by atoms with Crippen LogP contribution in [0.3, 0.4) is 0 Å². The molecule has 0 saturated heterocycles. The third kappa shape index (κ3) is 6.96. The monoisotopic (exact) mass is 916 g/mol. The minimum absolute atomic E-state index is 0.324. The quantitative estimate of drug-likeness (QED) is 0.145. The Balaban J connectivity index is 1.18. The van der Waals surface area contributed by atoms with Crippen molar-refractivity contribution in [2.45, 2.75) is 0 Å². The molecule has 0 N–H and O–H groups in total. The lowest BCUT2D eigenvalue weighted by molar-refractivity contribution is 1.07. The zero-order valence-electron chi connectivity index (χ0n) is 37.9. The van der Waals surface area contributed by atoms with E-state index in [0.717, 1.165) is 71.6 Å². The van der Waals surface area contributed by atoms with Gasteiger partial charge >= 0.3 is 0 Å². The highest BCUT2D eigenvalue weighted by Gasteiger charge is 2.25. The maximum Gasteiger partial charge on any atom is 0.200 e. The predicted molar refractivity (Wildman–Crippen MR) is 281 cm³/mol. The van der Waals surface area contributed by atoms with E-state index in [4.69, 9.17) is 21.5 Å². The Morgan fingerprint density at radius 1 is 0.361 bits per heavy atom. The van der Waals surface area contributed by atoms with Crippen molar-refractivity contribution in [1.29, 1.82) is 21.0 Å². The molecule has 10 nitrogen and oxygen atoms in total. The highest BCUT2D eigenvalue weighted by Crippen LogP contribution is 2.44. The molecule has 72 heavy (non-hydrogen) atoms. The van der Waals surface area contributed by atoms with E-state index >= 15 is 0 Å². The molecule has 3 heterocycles. The molecule has 0 saturated carbocycles. The Hall–Kier alpha value is -11.0. The van der Waals surface area contributed by atoms with E-state index < -0.39 is 0 Å². The molecule has 12 aromatic rings. The lowest BCUT2D eigenvalue weighted by atomic mass is 9.97. The Kier molecular flexibility index (Phi) is 10.2. The maximum absolute atomic E-state index is 10.2. The highest BCUT2D eigenvalue weighted by atomic mass is 15.1. The van der Waals surface area contributed by atoms with Gasteiger partial charge in [0.05, 0.1) is 86.5 Å². The van der Waals surface area contributed by atoms with Crippen LogP contribution in [0.5, 0.6) is 0 Å². The van der Waals surface area contributed by atoms with Gasteiger partial charge in [0.15, 0.2) is 23.2 Å². The molecule has 10 heteroatoms. The van der Waals surface area contributed by atoms with E-state index in [1.54, 1.807) is 24.3 Å². The van der Waals surface area contributed by atoms with E-state index in [2.05, 4.69) is 80.7 Å². The first-order chi connectivity index (χ1) is 35.5. The summed E-state index contributed by atoms with van der Waals surface area (Å²) in [5.74, 6) is 1.26. The van der Waals surface area contributed by atoms with Gasteiger partial charge in [0.1, 0.15) is 0 Å². The van der Waals surface area contributed by atoms with Gasteiger partial charge in [0.2, 0.25) is 0 Å². The van der Waals surface area contributed by atoms with Crippen molar-refractivity contribution in [3.8, 4) is 92.1 Å². The molecule has 330 valence electrons. The number of rotatable bonds is 7. The van der Waals surface area contributed by atoms with Crippen LogP contribution in [0.15, 0.2) is 194 Å². The molecule has 9 aromatic carbocycles. The minimum Gasteiger partial charge on any atom is -0.308 e. The van der Waals surface area contributed by atoms with E-state index in [9.17, 15) is 21.0 Å². The minimum atomic E-state index is 0.324. The van der Waals surface area contributed by atoms with Gasteiger partial charge in [-0.25, -0.2) is 19.8 Å². The zero-order chi connectivity index (χ0) is 48.9. The normalized spacial score (nSPS) is 11.0. The van der Waals surface area contributed by atoms with Gasteiger partial charge < -0.3 is 9.13 Å². The summed E-state index contributed by atoms with van der Waals surface area (Å²) in [6.07, 6.45) is 0. The third-order valence-electron chi connectivity index (χ3n) is 13.1. The number of benzene rings is 9. The molecule has 0 unspecified atom stereocenters. The Morgan fingerprint density at radius 3 is 1.25 bits per heavy atom. The van der Waals surface area contributed by atoms with Gasteiger partial charge in [-0.05, 0) is 95.1 Å². The molecule has 0 fully saturated rings. The smallest absolute Gasteiger partial charge is 0.200 e. The number of nitrogens with zero attached hydrogens (tertiary/aromatic N) is 10. The first-order valence-corrected chi connectivity index (χ1v) is 22.9. The van der Waals surface area contributed by atoms with Crippen LogP contribution in [0.1, 0.15) is 22.3 Å². The second-order valence-corrected chi connectivity index (χ2v) is 17.1. The molecule has 0 radical (unpaired) electrons. The van der Waals surface area contributed by atoms with Crippen LogP contribution in [0, 0.1) is 51.9 Å². The molecule has 3 aromatic heterocycles. The summed E-state index contributed by atoms with van der Waals surface area (Å²) in [5, 5.41) is 43.5. The molecule has 0 amide bonds. The second-order valence-electron chi connectivity index (χ2n) is 17.1. The van der Waals surface area contributed by atoms with Gasteiger partial charge in [-0.3, -0.25) is 0 Å². The van der Waals surface area contributed by atoms with E-state index in [1.165, 1.54) is 0 Å². The summed E-state index contributed by atoms with van der Waals surface area (Å²) in [4.78, 5) is 19.4. The van der Waals surface area contributed by atoms with Crippen molar-refractivity contribution in [3.63, 3.8) is 0 Å². The number of aromatic nitrogens is 5. The van der Waals surface area contributed by atoms with Crippen molar-refractivity contribution in [3.05, 3.63) is 228 Å². The fourth-order valence-electron chi connectivity index (χ4n) is 9.84. The fraction of sp³-hybridized carbons (Fsp3) is 0. The SMILES string of the molecule is [C-]#[N+]c1cc(-n2c3ccccc3c3cc(-c4ccc(C#N)cc4C#N)ccc32)c(-n2c3ccccc3c3cc(-c4ccc(C#N)cc4C#N)ccc32)cc1-c1nc(-c2ccccc2)nc(-c2ccccc2)n1. The molecular weight excluding hydrogens is 885 g/mol. The summed E-state index contributed by atoms with van der Waals surface area (Å²) in [5.41, 5.74) is 12.1. The molecule has 12 rings (SSSR count). The van der Waals surface area contributed by atoms with Crippen LogP contribution in [0.4, 0.5) is 5.69 Å². The lowest BCUT2D eigenvalue weighted by Crippen LogP contribution is -2.06. The maximum atomic E-state index is 10.2. The van der Waals surface area contributed by atoms with Gasteiger partial charge in [-0.15, -0.1) is 0 Å². The van der Waals surface area contributed by atoms with Gasteiger partial charge in [-0.2, -0.15) is 21.0 Å². The molecule has 0 bridgehead atoms. The van der Waals surface area contributed by atoms with Crippen molar-refractivity contribution < 1.29 is 0 Å². The van der Waals surface area contributed by atoms with Gasteiger partial charge in [0.25, 0.3) is 0 Å². The predicted octanol–water partition coefficient (Wildman–Crippen LogP) is 14.4. The van der Waals surface area contributed by atoms with Crippen molar-refractivity contribution >= 4 is 49.3 Å². The largest absolute Gasteiger partial charge is 0.308 e.